The van der Waals surface area contributed by atoms with Crippen molar-refractivity contribution in [1.82, 2.24) is 0 Å². The van der Waals surface area contributed by atoms with Crippen LogP contribution in [0.1, 0.15) is 18.1 Å². The second kappa shape index (κ2) is 7.34. The Morgan fingerprint density at radius 1 is 1.00 bits per heavy atom. The number of esters is 1. The van der Waals surface area contributed by atoms with Gasteiger partial charge in [-0.2, -0.15) is 0 Å². The molecule has 0 atom stereocenters. The summed E-state index contributed by atoms with van der Waals surface area (Å²) in [6.45, 7) is 2.09. The fourth-order valence-electron chi connectivity index (χ4n) is 1.95. The topological polar surface area (TPSA) is 35.5 Å². The number of rotatable bonds is 6. The Morgan fingerprint density at radius 2 is 1.70 bits per heavy atom. The number of hydrogen-bond acceptors (Lipinski definition) is 3. The minimum Gasteiger partial charge on any atom is -0.482 e. The Hall–Kier alpha value is -2.29. The van der Waals surface area contributed by atoms with Crippen molar-refractivity contribution >= 4 is 5.97 Å². The van der Waals surface area contributed by atoms with Gasteiger partial charge < -0.3 is 9.47 Å². The average Bonchev–Trinajstić information content (AvgIpc) is 2.48. The van der Waals surface area contributed by atoms with Crippen molar-refractivity contribution in [3.05, 3.63) is 65.7 Å². The summed E-state index contributed by atoms with van der Waals surface area (Å²) in [5.41, 5.74) is 2.27. The minimum absolute atomic E-state index is 0.0559. The molecule has 20 heavy (non-hydrogen) atoms. The van der Waals surface area contributed by atoms with E-state index in [1.54, 1.807) is 6.92 Å². The maximum Gasteiger partial charge on any atom is 0.344 e. The van der Waals surface area contributed by atoms with Gasteiger partial charge in [0.25, 0.3) is 0 Å². The molecule has 0 aliphatic carbocycles. The van der Waals surface area contributed by atoms with E-state index in [9.17, 15) is 4.79 Å². The first-order valence-corrected chi connectivity index (χ1v) is 6.70. The van der Waals surface area contributed by atoms with Gasteiger partial charge >= 0.3 is 5.97 Å². The molecule has 3 nitrogen and oxygen atoms in total. The molecule has 2 aromatic carbocycles. The summed E-state index contributed by atoms with van der Waals surface area (Å²) in [6.07, 6.45) is 0.778. The fraction of sp³-hybridized carbons (Fsp3) is 0.235. The molecular weight excluding hydrogens is 252 g/mol. The maximum absolute atomic E-state index is 11.3. The van der Waals surface area contributed by atoms with Gasteiger partial charge in [-0.3, -0.25) is 0 Å². The van der Waals surface area contributed by atoms with Gasteiger partial charge in [0.1, 0.15) is 5.75 Å². The maximum atomic E-state index is 11.3. The van der Waals surface area contributed by atoms with Crippen LogP contribution in [0.2, 0.25) is 0 Å². The number of carbonyl (C=O) groups is 1. The molecule has 2 rings (SSSR count). The minimum atomic E-state index is -0.345. The van der Waals surface area contributed by atoms with Crippen LogP contribution >= 0.6 is 0 Å². The number of benzene rings is 2. The molecule has 0 fully saturated rings. The van der Waals surface area contributed by atoms with Crippen molar-refractivity contribution in [3.63, 3.8) is 0 Å². The highest BCUT2D eigenvalue weighted by atomic mass is 16.6. The van der Waals surface area contributed by atoms with Crippen LogP contribution in [-0.2, 0) is 16.0 Å². The summed E-state index contributed by atoms with van der Waals surface area (Å²) in [5, 5.41) is 0. The molecule has 0 saturated carbocycles. The smallest absolute Gasteiger partial charge is 0.344 e. The van der Waals surface area contributed by atoms with Crippen LogP contribution in [0.15, 0.2) is 54.6 Å². The van der Waals surface area contributed by atoms with Crippen molar-refractivity contribution in [2.75, 3.05) is 13.2 Å². The van der Waals surface area contributed by atoms with Crippen molar-refractivity contribution in [2.45, 2.75) is 13.3 Å². The lowest BCUT2D eigenvalue weighted by molar-refractivity contribution is -0.145. The molecule has 0 heterocycles. The van der Waals surface area contributed by atoms with Crippen LogP contribution in [0.25, 0.3) is 0 Å². The monoisotopic (exact) mass is 270 g/mol. The van der Waals surface area contributed by atoms with Crippen LogP contribution in [0.3, 0.4) is 0 Å². The number of carbonyl (C=O) groups excluding carboxylic acids is 1. The summed E-state index contributed by atoms with van der Waals surface area (Å²) < 4.78 is 10.4. The summed E-state index contributed by atoms with van der Waals surface area (Å²) in [7, 11) is 0. The second-order valence-electron chi connectivity index (χ2n) is 4.36. The SMILES string of the molecule is CCOC(=O)COc1ccccc1Cc1ccccc1. The Bertz CT molecular complexity index is 549. The van der Waals surface area contributed by atoms with E-state index < -0.39 is 0 Å². The quantitative estimate of drug-likeness (QED) is 0.756. The van der Waals surface area contributed by atoms with Gasteiger partial charge in [-0.05, 0) is 24.1 Å². The van der Waals surface area contributed by atoms with Crippen LogP contribution < -0.4 is 4.74 Å². The summed E-state index contributed by atoms with van der Waals surface area (Å²) in [5.74, 6) is 0.381. The van der Waals surface area contributed by atoms with Gasteiger partial charge in [-0.15, -0.1) is 0 Å². The third-order valence-corrected chi connectivity index (χ3v) is 2.86. The van der Waals surface area contributed by atoms with Crippen LogP contribution in [-0.4, -0.2) is 19.2 Å². The predicted molar refractivity (Wildman–Crippen MR) is 77.8 cm³/mol. The molecule has 0 aliphatic heterocycles. The lowest BCUT2D eigenvalue weighted by atomic mass is 10.0. The third kappa shape index (κ3) is 4.12. The van der Waals surface area contributed by atoms with E-state index in [1.807, 2.05) is 42.5 Å². The van der Waals surface area contributed by atoms with Gasteiger partial charge in [-0.1, -0.05) is 48.5 Å². The zero-order chi connectivity index (χ0) is 14.2. The van der Waals surface area contributed by atoms with Gasteiger partial charge in [-0.25, -0.2) is 4.79 Å². The standard InChI is InChI=1S/C17H18O3/c1-2-19-17(18)13-20-16-11-7-6-10-15(16)12-14-8-4-3-5-9-14/h3-11H,2,12-13H2,1H3. The first-order chi connectivity index (χ1) is 9.79. The predicted octanol–water partition coefficient (Wildman–Crippen LogP) is 3.22. The lowest BCUT2D eigenvalue weighted by Crippen LogP contribution is -2.15. The highest BCUT2D eigenvalue weighted by Gasteiger charge is 2.07. The van der Waals surface area contributed by atoms with E-state index in [1.165, 1.54) is 5.56 Å². The molecule has 0 saturated heterocycles. The van der Waals surface area contributed by atoms with Crippen LogP contribution in [0, 0.1) is 0 Å². The molecule has 2 aromatic rings. The van der Waals surface area contributed by atoms with Crippen molar-refractivity contribution in [2.24, 2.45) is 0 Å². The number of ether oxygens (including phenoxy) is 2. The fourth-order valence-corrected chi connectivity index (χ4v) is 1.95. The number of hydrogen-bond donors (Lipinski definition) is 0. The molecule has 0 radical (unpaired) electrons. The Balaban J connectivity index is 2.04. The third-order valence-electron chi connectivity index (χ3n) is 2.86. The van der Waals surface area contributed by atoms with Gasteiger partial charge in [0.2, 0.25) is 0 Å². The molecule has 0 N–H and O–H groups in total. The highest BCUT2D eigenvalue weighted by molar-refractivity contribution is 5.71. The van der Waals surface area contributed by atoms with E-state index in [-0.39, 0.29) is 12.6 Å². The highest BCUT2D eigenvalue weighted by Crippen LogP contribution is 2.21. The molecule has 0 bridgehead atoms. The van der Waals surface area contributed by atoms with Crippen molar-refractivity contribution < 1.29 is 14.3 Å². The average molecular weight is 270 g/mol. The zero-order valence-electron chi connectivity index (χ0n) is 11.5. The summed E-state index contributed by atoms with van der Waals surface area (Å²) >= 11 is 0. The largest absolute Gasteiger partial charge is 0.482 e. The van der Waals surface area contributed by atoms with E-state index in [0.717, 1.165) is 17.7 Å². The molecule has 0 amide bonds. The second-order valence-corrected chi connectivity index (χ2v) is 4.36. The van der Waals surface area contributed by atoms with Crippen LogP contribution in [0.4, 0.5) is 0 Å². The molecule has 104 valence electrons. The van der Waals surface area contributed by atoms with Gasteiger partial charge in [0.15, 0.2) is 6.61 Å². The Morgan fingerprint density at radius 3 is 2.45 bits per heavy atom. The number of para-hydroxylation sites is 1. The Kier molecular flexibility index (Phi) is 5.18. The molecule has 0 aliphatic rings. The Labute approximate surface area is 119 Å². The van der Waals surface area contributed by atoms with E-state index in [4.69, 9.17) is 9.47 Å². The van der Waals surface area contributed by atoms with Gasteiger partial charge in [0, 0.05) is 6.42 Å². The first-order valence-electron chi connectivity index (χ1n) is 6.70. The first kappa shape index (κ1) is 14.1. The molecule has 0 unspecified atom stereocenters. The lowest BCUT2D eigenvalue weighted by Gasteiger charge is -2.11. The van der Waals surface area contributed by atoms with Crippen molar-refractivity contribution in [3.8, 4) is 5.75 Å². The van der Waals surface area contributed by atoms with Gasteiger partial charge in [0.05, 0.1) is 6.61 Å². The molecule has 3 heteroatoms. The van der Waals surface area contributed by atoms with Crippen molar-refractivity contribution in [1.29, 1.82) is 0 Å². The van der Waals surface area contributed by atoms with E-state index in [2.05, 4.69) is 12.1 Å². The molecular formula is C17H18O3. The van der Waals surface area contributed by atoms with E-state index >= 15 is 0 Å². The van der Waals surface area contributed by atoms with E-state index in [0.29, 0.717) is 6.61 Å². The summed E-state index contributed by atoms with van der Waals surface area (Å²) in [4.78, 5) is 11.3. The normalized spacial score (nSPS) is 10.1. The molecule has 0 aromatic heterocycles. The zero-order valence-corrected chi connectivity index (χ0v) is 11.5. The van der Waals surface area contributed by atoms with Crippen LogP contribution in [0.5, 0.6) is 5.75 Å². The summed E-state index contributed by atoms with van der Waals surface area (Å²) in [6, 6.07) is 17.9. The molecule has 0 spiro atoms.